The molecule has 1 aliphatic carbocycles. The Kier molecular flexibility index (Phi) is 4.50. The van der Waals surface area contributed by atoms with Crippen LogP contribution in [0.3, 0.4) is 0 Å². The van der Waals surface area contributed by atoms with Crippen LogP contribution in [-0.4, -0.2) is 64.9 Å². The third kappa shape index (κ3) is 2.74. The van der Waals surface area contributed by atoms with Gasteiger partial charge in [-0.25, -0.2) is 8.42 Å². The summed E-state index contributed by atoms with van der Waals surface area (Å²) in [6.45, 7) is -0.407. The Balaban J connectivity index is 1.68. The second-order valence-corrected chi connectivity index (χ2v) is 9.36. The van der Waals surface area contributed by atoms with Crippen LogP contribution in [0.25, 0.3) is 0 Å². The molecule has 2 unspecified atom stereocenters. The smallest absolute Gasteiger partial charge is 0.252 e. The highest BCUT2D eigenvalue weighted by molar-refractivity contribution is 7.89. The number of Topliss-reactive ketones (excluding diaryl/α,β-unsaturated/α-hetero) is 1. The lowest BCUT2D eigenvalue weighted by Crippen LogP contribution is -2.64. The van der Waals surface area contributed by atoms with Crippen LogP contribution in [-0.2, 0) is 24.4 Å². The first kappa shape index (κ1) is 19.0. The minimum atomic E-state index is -4.07. The van der Waals surface area contributed by atoms with Gasteiger partial charge in [0.2, 0.25) is 15.9 Å². The van der Waals surface area contributed by atoms with Crippen LogP contribution in [0.15, 0.2) is 29.4 Å². The van der Waals surface area contributed by atoms with Crippen molar-refractivity contribution in [2.75, 3.05) is 13.1 Å². The average molecular weight is 405 g/mol. The summed E-state index contributed by atoms with van der Waals surface area (Å²) < 4.78 is 27.1. The summed E-state index contributed by atoms with van der Waals surface area (Å²) in [6, 6.07) is 1.84. The van der Waals surface area contributed by atoms with Crippen molar-refractivity contribution < 1.29 is 22.8 Å². The second kappa shape index (κ2) is 6.63. The van der Waals surface area contributed by atoms with Crippen LogP contribution in [0.5, 0.6) is 0 Å². The number of primary amides is 1. The Morgan fingerprint density at radius 3 is 2.68 bits per heavy atom. The van der Waals surface area contributed by atoms with Gasteiger partial charge in [-0.3, -0.25) is 19.4 Å². The maximum atomic E-state index is 13.1. The molecule has 2 aliphatic heterocycles. The number of nitrogens with zero attached hydrogens (tertiary/aromatic N) is 3. The SMILES string of the molecule is NC(=O)C12C(=O)CN(S(=O)(=O)c3cccnc3)C1CCN2C(=O)[CH]CC1CC1. The normalized spacial score (nSPS) is 27.8. The van der Waals surface area contributed by atoms with Crippen molar-refractivity contribution in [3.8, 4) is 0 Å². The number of carbonyl (C=O) groups is 3. The number of pyridine rings is 1. The van der Waals surface area contributed by atoms with E-state index in [0.29, 0.717) is 12.3 Å². The number of hydrogen-bond donors (Lipinski definition) is 1. The quantitative estimate of drug-likeness (QED) is 0.634. The van der Waals surface area contributed by atoms with Crippen molar-refractivity contribution in [1.29, 1.82) is 0 Å². The van der Waals surface area contributed by atoms with Gasteiger partial charge >= 0.3 is 0 Å². The predicted octanol–water partition coefficient (Wildman–Crippen LogP) is -0.516. The van der Waals surface area contributed by atoms with E-state index in [-0.39, 0.29) is 17.9 Å². The largest absolute Gasteiger partial charge is 0.367 e. The highest BCUT2D eigenvalue weighted by atomic mass is 32.2. The summed E-state index contributed by atoms with van der Waals surface area (Å²) >= 11 is 0. The number of hydrogen-bond acceptors (Lipinski definition) is 6. The third-order valence-corrected chi connectivity index (χ3v) is 7.65. The number of likely N-dealkylation sites (tertiary alicyclic amines) is 1. The zero-order valence-electron chi connectivity index (χ0n) is 15.2. The van der Waals surface area contributed by atoms with E-state index in [9.17, 15) is 22.8 Å². The molecule has 2 atom stereocenters. The molecule has 1 radical (unpaired) electrons. The fraction of sp³-hybridized carbons (Fsp3) is 0.500. The van der Waals surface area contributed by atoms with Crippen LogP contribution in [0.4, 0.5) is 0 Å². The van der Waals surface area contributed by atoms with Gasteiger partial charge in [0.15, 0.2) is 11.3 Å². The fourth-order valence-corrected chi connectivity index (χ4v) is 5.81. The standard InChI is InChI=1S/C18H21N4O5S/c19-17(25)18-14(7-9-21(18)16(24)6-5-12-3-4-12)22(11-15(18)23)28(26,27)13-2-1-8-20-10-13/h1-2,6,8,10,12,14H,3-5,7,9,11H2,(H2,19,25). The van der Waals surface area contributed by atoms with Gasteiger partial charge in [-0.15, -0.1) is 0 Å². The van der Waals surface area contributed by atoms with Crippen molar-refractivity contribution in [2.45, 2.75) is 42.2 Å². The van der Waals surface area contributed by atoms with Crippen LogP contribution < -0.4 is 5.73 Å². The van der Waals surface area contributed by atoms with Gasteiger partial charge in [-0.1, -0.05) is 12.8 Å². The van der Waals surface area contributed by atoms with Crippen LogP contribution in [0, 0.1) is 12.3 Å². The Morgan fingerprint density at radius 2 is 2.07 bits per heavy atom. The van der Waals surface area contributed by atoms with Crippen LogP contribution in [0.2, 0.25) is 0 Å². The predicted molar refractivity (Wildman–Crippen MR) is 96.8 cm³/mol. The molecule has 1 aromatic rings. The number of carbonyl (C=O) groups excluding carboxylic acids is 3. The molecular weight excluding hydrogens is 384 g/mol. The first-order chi connectivity index (χ1) is 13.3. The monoisotopic (exact) mass is 405 g/mol. The van der Waals surface area contributed by atoms with Crippen molar-refractivity contribution in [3.05, 3.63) is 30.9 Å². The molecule has 0 aromatic carbocycles. The average Bonchev–Trinajstić information content (AvgIpc) is 3.33. The molecule has 1 aromatic heterocycles. The number of ketones is 1. The number of fused-ring (bicyclic) bond motifs is 1. The van der Waals surface area contributed by atoms with Gasteiger partial charge in [-0.2, -0.15) is 4.31 Å². The van der Waals surface area contributed by atoms with Gasteiger partial charge in [0.1, 0.15) is 4.90 Å². The molecule has 3 heterocycles. The maximum Gasteiger partial charge on any atom is 0.252 e. The van der Waals surface area contributed by atoms with Gasteiger partial charge in [0.05, 0.1) is 19.0 Å². The summed E-state index contributed by atoms with van der Waals surface area (Å²) in [5, 5.41) is 0. The lowest BCUT2D eigenvalue weighted by atomic mass is 9.89. The molecule has 2 amide bonds. The number of sulfonamides is 1. The first-order valence-electron chi connectivity index (χ1n) is 9.19. The Hall–Kier alpha value is -2.33. The van der Waals surface area contributed by atoms with Gasteiger partial charge in [0.25, 0.3) is 5.91 Å². The molecule has 149 valence electrons. The summed E-state index contributed by atoms with van der Waals surface area (Å²) in [7, 11) is -4.07. The van der Waals surface area contributed by atoms with E-state index in [1.807, 2.05) is 0 Å². The first-order valence-corrected chi connectivity index (χ1v) is 10.6. The minimum Gasteiger partial charge on any atom is -0.367 e. The molecule has 0 spiro atoms. The van der Waals surface area contributed by atoms with E-state index in [1.54, 1.807) is 0 Å². The summed E-state index contributed by atoms with van der Waals surface area (Å²) in [4.78, 5) is 43.0. The fourth-order valence-electron chi connectivity index (χ4n) is 4.21. The van der Waals surface area contributed by atoms with E-state index in [1.165, 1.54) is 35.8 Å². The molecule has 1 saturated carbocycles. The summed E-state index contributed by atoms with van der Waals surface area (Å²) in [5.74, 6) is -1.63. The van der Waals surface area contributed by atoms with E-state index >= 15 is 0 Å². The lowest BCUT2D eigenvalue weighted by Gasteiger charge is -2.34. The lowest BCUT2D eigenvalue weighted by molar-refractivity contribution is -0.147. The summed E-state index contributed by atoms with van der Waals surface area (Å²) in [6.07, 6.45) is 6.97. The second-order valence-electron chi connectivity index (χ2n) is 7.47. The number of aromatic nitrogens is 1. The molecule has 0 bridgehead atoms. The molecule has 2 saturated heterocycles. The highest BCUT2D eigenvalue weighted by Gasteiger charge is 2.68. The minimum absolute atomic E-state index is 0.0758. The highest BCUT2D eigenvalue weighted by Crippen LogP contribution is 2.42. The molecule has 2 N–H and O–H groups in total. The van der Waals surface area contributed by atoms with E-state index in [2.05, 4.69) is 4.98 Å². The molecule has 9 nitrogen and oxygen atoms in total. The zero-order valence-corrected chi connectivity index (χ0v) is 16.0. The van der Waals surface area contributed by atoms with Gasteiger partial charge in [-0.05, 0) is 30.9 Å². The molecular formula is C18H21N4O5S. The summed E-state index contributed by atoms with van der Waals surface area (Å²) in [5.41, 5.74) is 3.65. The van der Waals surface area contributed by atoms with E-state index in [4.69, 9.17) is 5.73 Å². The van der Waals surface area contributed by atoms with E-state index in [0.717, 1.165) is 17.1 Å². The molecule has 10 heteroatoms. The third-order valence-electron chi connectivity index (χ3n) is 5.81. The van der Waals surface area contributed by atoms with Crippen molar-refractivity contribution in [3.63, 3.8) is 0 Å². The molecule has 4 rings (SSSR count). The molecule has 3 aliphatic rings. The topological polar surface area (TPSA) is 131 Å². The van der Waals surface area contributed by atoms with Crippen LogP contribution in [0.1, 0.15) is 25.7 Å². The van der Waals surface area contributed by atoms with Gasteiger partial charge < -0.3 is 10.6 Å². The molecule has 3 fully saturated rings. The number of nitrogens with two attached hydrogens (primary N) is 1. The maximum absolute atomic E-state index is 13.1. The number of rotatable bonds is 6. The van der Waals surface area contributed by atoms with Gasteiger partial charge in [0, 0.05) is 18.9 Å². The van der Waals surface area contributed by atoms with E-state index < -0.39 is 45.7 Å². The Labute approximate surface area is 162 Å². The Bertz CT molecular complexity index is 931. The van der Waals surface area contributed by atoms with Crippen molar-refractivity contribution >= 4 is 27.6 Å². The Morgan fingerprint density at radius 1 is 1.32 bits per heavy atom. The van der Waals surface area contributed by atoms with Crippen molar-refractivity contribution in [1.82, 2.24) is 14.2 Å². The number of amides is 2. The van der Waals surface area contributed by atoms with Crippen LogP contribution >= 0.6 is 0 Å². The molecule has 28 heavy (non-hydrogen) atoms. The zero-order chi connectivity index (χ0) is 20.1. The van der Waals surface area contributed by atoms with Crippen molar-refractivity contribution in [2.24, 2.45) is 11.7 Å².